The van der Waals surface area contributed by atoms with Crippen molar-refractivity contribution in [3.05, 3.63) is 62.7 Å². The second-order valence-electron chi connectivity index (χ2n) is 9.90. The Morgan fingerprint density at radius 1 is 1.24 bits per heavy atom. The Morgan fingerprint density at radius 3 is 2.63 bits per heavy atom. The van der Waals surface area contributed by atoms with Gasteiger partial charge < -0.3 is 29.7 Å². The number of benzene rings is 2. The Balaban J connectivity index is 1.53. The predicted molar refractivity (Wildman–Crippen MR) is 152 cm³/mol. The molecule has 1 aromatic heterocycles. The van der Waals surface area contributed by atoms with Crippen LogP contribution in [0.5, 0.6) is 0 Å². The van der Waals surface area contributed by atoms with Gasteiger partial charge >= 0.3 is 0 Å². The van der Waals surface area contributed by atoms with Crippen LogP contribution in [0.1, 0.15) is 24.4 Å². The minimum Gasteiger partial charge on any atom is -0.394 e. The van der Waals surface area contributed by atoms with Gasteiger partial charge in [-0.1, -0.05) is 50.4 Å². The highest BCUT2D eigenvalue weighted by molar-refractivity contribution is 9.10. The van der Waals surface area contributed by atoms with Crippen molar-refractivity contribution in [1.82, 2.24) is 15.0 Å². The smallest absolute Gasteiger partial charge is 0.259 e. The standard InChI is InChI=1S/C27H26BrCl2N5O6/c1-40-25-23(34-11-19(32-33-34)14-2-3-17(29)18(30)8-14)24(38)22(12-36)41-26(25)27(39)35(20-4-5-21(20)37)16-7-13(10-31)6-15(28)9-16/h2-3,6-9,11,20-26,36-38H,4-5,12H2,1H3/t20-,21-,22+,23-,24-,25+,26+/m0/s1. The molecule has 1 aliphatic carbocycles. The molecule has 216 valence electrons. The summed E-state index contributed by atoms with van der Waals surface area (Å²) in [7, 11) is 1.37. The lowest BCUT2D eigenvalue weighted by molar-refractivity contribution is -0.211. The lowest BCUT2D eigenvalue weighted by Crippen LogP contribution is -2.64. The van der Waals surface area contributed by atoms with E-state index in [9.17, 15) is 25.4 Å². The summed E-state index contributed by atoms with van der Waals surface area (Å²) in [4.78, 5) is 15.7. The van der Waals surface area contributed by atoms with Gasteiger partial charge in [-0.15, -0.1) is 5.10 Å². The number of carbonyl (C=O) groups is 1. The number of rotatable bonds is 7. The number of ether oxygens (including phenoxy) is 2. The fourth-order valence-corrected chi connectivity index (χ4v) is 6.01. The molecule has 0 bridgehead atoms. The molecule has 41 heavy (non-hydrogen) atoms. The Morgan fingerprint density at radius 2 is 2.02 bits per heavy atom. The minimum absolute atomic E-state index is 0.313. The average molecular weight is 667 g/mol. The lowest BCUT2D eigenvalue weighted by atomic mass is 9.85. The van der Waals surface area contributed by atoms with E-state index < -0.39 is 55.1 Å². The fraction of sp³-hybridized carbons (Fsp3) is 0.407. The molecule has 1 aliphatic heterocycles. The molecule has 5 rings (SSSR count). The first-order valence-electron chi connectivity index (χ1n) is 12.7. The SMILES string of the molecule is CO[C@@H]1[C@@H](n2cc(-c3ccc(Cl)c(Cl)c3)nn2)[C@@H](O)[C@@H](CO)O[C@H]1C(=O)N(c1cc(Br)cc(C#N)c1)[C@H]1CC[C@@H]1O. The minimum atomic E-state index is -1.32. The van der Waals surface area contributed by atoms with Crippen LogP contribution in [0.25, 0.3) is 11.3 Å². The van der Waals surface area contributed by atoms with Gasteiger partial charge in [-0.05, 0) is 43.2 Å². The Labute approximate surface area is 253 Å². The molecule has 2 aromatic carbocycles. The van der Waals surface area contributed by atoms with Gasteiger partial charge in [-0.2, -0.15) is 5.26 Å². The summed E-state index contributed by atoms with van der Waals surface area (Å²) in [5, 5.41) is 50.5. The highest BCUT2D eigenvalue weighted by Crippen LogP contribution is 2.38. The predicted octanol–water partition coefficient (Wildman–Crippen LogP) is 3.12. The number of aromatic nitrogens is 3. The first-order valence-corrected chi connectivity index (χ1v) is 14.3. The number of amides is 1. The van der Waals surface area contributed by atoms with E-state index in [1.54, 1.807) is 42.6 Å². The van der Waals surface area contributed by atoms with Crippen molar-refractivity contribution in [1.29, 1.82) is 5.26 Å². The van der Waals surface area contributed by atoms with E-state index in [-0.39, 0.29) is 0 Å². The number of nitrogens with zero attached hydrogens (tertiary/aromatic N) is 5. The van der Waals surface area contributed by atoms with Crippen LogP contribution in [-0.4, -0.2) is 86.5 Å². The number of hydrogen-bond acceptors (Lipinski definition) is 9. The number of aliphatic hydroxyl groups excluding tert-OH is 3. The van der Waals surface area contributed by atoms with E-state index >= 15 is 0 Å². The molecule has 7 atom stereocenters. The van der Waals surface area contributed by atoms with Crippen LogP contribution in [-0.2, 0) is 14.3 Å². The van der Waals surface area contributed by atoms with E-state index in [0.29, 0.717) is 49.9 Å². The van der Waals surface area contributed by atoms with Crippen LogP contribution < -0.4 is 4.90 Å². The zero-order valence-electron chi connectivity index (χ0n) is 21.6. The average Bonchev–Trinajstić information content (AvgIpc) is 3.45. The number of methoxy groups -OCH3 is 1. The van der Waals surface area contributed by atoms with Crippen molar-refractivity contribution in [2.45, 2.75) is 55.4 Å². The van der Waals surface area contributed by atoms with Crippen LogP contribution >= 0.6 is 39.1 Å². The zero-order valence-corrected chi connectivity index (χ0v) is 24.7. The maximum Gasteiger partial charge on any atom is 0.259 e. The number of carbonyl (C=O) groups excluding carboxylic acids is 1. The first-order chi connectivity index (χ1) is 19.7. The molecular formula is C27H26BrCl2N5O6. The molecule has 0 radical (unpaired) electrons. The van der Waals surface area contributed by atoms with Crippen LogP contribution in [0.15, 0.2) is 47.1 Å². The molecule has 0 spiro atoms. The second kappa shape index (κ2) is 12.3. The van der Waals surface area contributed by atoms with E-state index in [1.165, 1.54) is 16.7 Å². The van der Waals surface area contributed by atoms with Gasteiger partial charge in [-0.25, -0.2) is 4.68 Å². The maximum absolute atomic E-state index is 14.3. The number of halogens is 3. The van der Waals surface area contributed by atoms with Crippen molar-refractivity contribution in [2.24, 2.45) is 0 Å². The largest absolute Gasteiger partial charge is 0.394 e. The first kappa shape index (κ1) is 29.9. The van der Waals surface area contributed by atoms with Gasteiger partial charge in [-0.3, -0.25) is 4.79 Å². The van der Waals surface area contributed by atoms with Gasteiger partial charge in [0.15, 0.2) is 6.10 Å². The summed E-state index contributed by atoms with van der Waals surface area (Å²) in [5.74, 6) is -0.567. The molecule has 1 amide bonds. The van der Waals surface area contributed by atoms with E-state index in [0.717, 1.165) is 0 Å². The molecule has 11 nitrogen and oxygen atoms in total. The van der Waals surface area contributed by atoms with Gasteiger partial charge in [0.1, 0.15) is 30.0 Å². The van der Waals surface area contributed by atoms with Gasteiger partial charge in [0, 0.05) is 22.8 Å². The van der Waals surface area contributed by atoms with Crippen LogP contribution in [0, 0.1) is 11.3 Å². The third-order valence-corrected chi connectivity index (χ3v) is 8.67. The molecule has 1 saturated carbocycles. The molecule has 3 N–H and O–H groups in total. The van der Waals surface area contributed by atoms with Crippen molar-refractivity contribution < 1.29 is 29.6 Å². The van der Waals surface area contributed by atoms with Crippen molar-refractivity contribution in [3.8, 4) is 17.3 Å². The number of anilines is 1. The zero-order chi connectivity index (χ0) is 29.4. The lowest BCUT2D eigenvalue weighted by Gasteiger charge is -2.47. The number of hydrogen-bond donors (Lipinski definition) is 3. The summed E-state index contributed by atoms with van der Waals surface area (Å²) in [6, 6.07) is 10.3. The molecule has 2 heterocycles. The highest BCUT2D eigenvalue weighted by Gasteiger charge is 2.52. The molecule has 3 aromatic rings. The molecule has 2 fully saturated rings. The molecule has 14 heteroatoms. The second-order valence-corrected chi connectivity index (χ2v) is 11.6. The topological polar surface area (TPSA) is 154 Å². The summed E-state index contributed by atoms with van der Waals surface area (Å²) in [6.07, 6.45) is -3.07. The van der Waals surface area contributed by atoms with E-state index in [4.69, 9.17) is 32.7 Å². The van der Waals surface area contributed by atoms with Crippen molar-refractivity contribution >= 4 is 50.7 Å². The van der Waals surface area contributed by atoms with Crippen LogP contribution in [0.2, 0.25) is 10.0 Å². The summed E-state index contributed by atoms with van der Waals surface area (Å²) in [5.41, 5.74) is 1.75. The summed E-state index contributed by atoms with van der Waals surface area (Å²) < 4.78 is 13.7. The van der Waals surface area contributed by atoms with Gasteiger partial charge in [0.05, 0.1) is 46.6 Å². The number of nitriles is 1. The third-order valence-electron chi connectivity index (χ3n) is 7.48. The third kappa shape index (κ3) is 5.74. The van der Waals surface area contributed by atoms with Crippen molar-refractivity contribution in [3.63, 3.8) is 0 Å². The summed E-state index contributed by atoms with van der Waals surface area (Å²) >= 11 is 15.6. The molecule has 2 aliphatic rings. The normalized spacial score (nSPS) is 27.6. The monoisotopic (exact) mass is 665 g/mol. The van der Waals surface area contributed by atoms with Crippen LogP contribution in [0.4, 0.5) is 5.69 Å². The van der Waals surface area contributed by atoms with Gasteiger partial charge in [0.25, 0.3) is 5.91 Å². The van der Waals surface area contributed by atoms with E-state index in [2.05, 4.69) is 32.3 Å². The number of aliphatic hydroxyl groups is 3. The Bertz CT molecular complexity index is 1480. The van der Waals surface area contributed by atoms with Crippen molar-refractivity contribution in [2.75, 3.05) is 18.6 Å². The van der Waals surface area contributed by atoms with E-state index in [1.807, 2.05) is 0 Å². The highest BCUT2D eigenvalue weighted by atomic mass is 79.9. The summed E-state index contributed by atoms with van der Waals surface area (Å²) in [6.45, 7) is -0.590. The van der Waals surface area contributed by atoms with Crippen LogP contribution in [0.3, 0.4) is 0 Å². The van der Waals surface area contributed by atoms with Gasteiger partial charge in [0.2, 0.25) is 0 Å². The molecule has 0 unspecified atom stereocenters. The Hall–Kier alpha value is -2.60. The Kier molecular flexibility index (Phi) is 8.98. The molecular weight excluding hydrogens is 641 g/mol. The maximum atomic E-state index is 14.3. The fourth-order valence-electron chi connectivity index (χ4n) is 5.23. The molecule has 1 saturated heterocycles. The quantitative estimate of drug-likeness (QED) is 0.345.